The van der Waals surface area contributed by atoms with E-state index in [0.717, 1.165) is 25.4 Å². The highest BCUT2D eigenvalue weighted by Crippen LogP contribution is 2.31. The summed E-state index contributed by atoms with van der Waals surface area (Å²) in [6, 6.07) is 0.694. The van der Waals surface area contributed by atoms with E-state index in [4.69, 9.17) is 9.72 Å². The molecular weight excluding hydrogens is 258 g/mol. The van der Waals surface area contributed by atoms with Crippen molar-refractivity contribution in [1.29, 1.82) is 0 Å². The first-order valence-electron chi connectivity index (χ1n) is 7.11. The number of rotatable bonds is 7. The Hall–Kier alpha value is -0.650. The van der Waals surface area contributed by atoms with Crippen LogP contribution in [0.15, 0.2) is 0 Å². The van der Waals surface area contributed by atoms with Gasteiger partial charge in [0, 0.05) is 38.2 Å². The van der Waals surface area contributed by atoms with E-state index in [2.05, 4.69) is 24.2 Å². The van der Waals surface area contributed by atoms with Gasteiger partial charge in [0.1, 0.15) is 0 Å². The number of hydrogen-bond donors (Lipinski definition) is 1. The zero-order valence-electron chi connectivity index (χ0n) is 12.2. The van der Waals surface area contributed by atoms with Crippen molar-refractivity contribution in [2.75, 3.05) is 32.2 Å². The van der Waals surface area contributed by atoms with Crippen LogP contribution in [0.4, 0.5) is 5.13 Å². The van der Waals surface area contributed by atoms with Gasteiger partial charge in [-0.25, -0.2) is 4.98 Å². The summed E-state index contributed by atoms with van der Waals surface area (Å²) in [4.78, 5) is 8.45. The summed E-state index contributed by atoms with van der Waals surface area (Å²) in [7, 11) is 3.92. The molecule has 0 spiro atoms. The third-order valence-electron chi connectivity index (χ3n) is 3.82. The van der Waals surface area contributed by atoms with Gasteiger partial charge in [0.15, 0.2) is 5.13 Å². The van der Waals surface area contributed by atoms with Gasteiger partial charge in [0.05, 0.1) is 12.3 Å². The Balaban J connectivity index is 1.91. The highest BCUT2D eigenvalue weighted by atomic mass is 32.1. The first kappa shape index (κ1) is 14.8. The average molecular weight is 283 g/mol. The third-order valence-corrected chi connectivity index (χ3v) is 5.07. The molecule has 0 atom stereocenters. The van der Waals surface area contributed by atoms with Gasteiger partial charge in [0.25, 0.3) is 0 Å². The molecule has 4 nitrogen and oxygen atoms in total. The van der Waals surface area contributed by atoms with E-state index >= 15 is 0 Å². The number of ether oxygens (including phenoxy) is 1. The van der Waals surface area contributed by atoms with Crippen molar-refractivity contribution < 1.29 is 4.74 Å². The molecule has 1 aromatic rings. The van der Waals surface area contributed by atoms with E-state index in [-0.39, 0.29) is 0 Å². The summed E-state index contributed by atoms with van der Waals surface area (Å²) in [6.07, 6.45) is 5.36. The van der Waals surface area contributed by atoms with Gasteiger partial charge in [-0.15, -0.1) is 11.3 Å². The number of anilines is 1. The van der Waals surface area contributed by atoms with Crippen LogP contribution in [0.3, 0.4) is 0 Å². The van der Waals surface area contributed by atoms with Crippen molar-refractivity contribution in [2.24, 2.45) is 0 Å². The topological polar surface area (TPSA) is 37.4 Å². The zero-order valence-corrected chi connectivity index (χ0v) is 13.1. The quantitative estimate of drug-likeness (QED) is 0.781. The molecule has 0 aliphatic heterocycles. The fraction of sp³-hybridized carbons (Fsp3) is 0.786. The van der Waals surface area contributed by atoms with Crippen LogP contribution in [0, 0.1) is 6.92 Å². The maximum atomic E-state index is 5.04. The number of aryl methyl sites for hydroxylation is 1. The minimum atomic E-state index is 0.694. The number of aromatic nitrogens is 1. The molecule has 19 heavy (non-hydrogen) atoms. The summed E-state index contributed by atoms with van der Waals surface area (Å²) < 4.78 is 5.04. The fourth-order valence-corrected chi connectivity index (χ4v) is 3.62. The van der Waals surface area contributed by atoms with E-state index in [9.17, 15) is 0 Å². The molecule has 1 heterocycles. The number of hydrogen-bond acceptors (Lipinski definition) is 5. The summed E-state index contributed by atoms with van der Waals surface area (Å²) in [5.74, 6) is 0. The molecule has 2 rings (SSSR count). The fourth-order valence-electron chi connectivity index (χ4n) is 2.55. The predicted molar refractivity (Wildman–Crippen MR) is 81.1 cm³/mol. The molecule has 0 radical (unpaired) electrons. The molecule has 5 heteroatoms. The van der Waals surface area contributed by atoms with Crippen LogP contribution in [0.2, 0.25) is 0 Å². The Kier molecular flexibility index (Phi) is 5.60. The van der Waals surface area contributed by atoms with Gasteiger partial charge in [0.2, 0.25) is 0 Å². The van der Waals surface area contributed by atoms with Crippen molar-refractivity contribution in [1.82, 2.24) is 10.3 Å². The van der Waals surface area contributed by atoms with Crippen LogP contribution in [0.5, 0.6) is 0 Å². The van der Waals surface area contributed by atoms with Crippen LogP contribution >= 0.6 is 11.3 Å². The molecule has 0 unspecified atom stereocenters. The summed E-state index contributed by atoms with van der Waals surface area (Å²) in [5.41, 5.74) is 1.16. The number of thiazole rings is 1. The zero-order chi connectivity index (χ0) is 13.7. The molecule has 0 aromatic carbocycles. The number of nitrogens with zero attached hydrogens (tertiary/aromatic N) is 2. The normalized spacial score (nSPS) is 16.2. The van der Waals surface area contributed by atoms with Crippen LogP contribution in [-0.2, 0) is 11.3 Å². The summed E-state index contributed by atoms with van der Waals surface area (Å²) in [5, 5.41) is 4.57. The lowest BCUT2D eigenvalue weighted by Crippen LogP contribution is -2.28. The van der Waals surface area contributed by atoms with Crippen molar-refractivity contribution in [3.05, 3.63) is 10.6 Å². The summed E-state index contributed by atoms with van der Waals surface area (Å²) in [6.45, 7) is 4.65. The van der Waals surface area contributed by atoms with Crippen LogP contribution in [0.25, 0.3) is 0 Å². The van der Waals surface area contributed by atoms with Crippen molar-refractivity contribution >= 4 is 16.5 Å². The van der Waals surface area contributed by atoms with Crippen molar-refractivity contribution in [2.45, 2.75) is 45.2 Å². The van der Waals surface area contributed by atoms with Gasteiger partial charge >= 0.3 is 0 Å². The first-order chi connectivity index (χ1) is 9.22. The number of nitrogens with one attached hydrogen (secondary N) is 1. The Morgan fingerprint density at radius 2 is 2.16 bits per heavy atom. The Bertz CT molecular complexity index is 388. The van der Waals surface area contributed by atoms with E-state index in [1.165, 1.54) is 35.7 Å². The third kappa shape index (κ3) is 3.91. The Labute approximate surface area is 120 Å². The first-order valence-corrected chi connectivity index (χ1v) is 7.93. The van der Waals surface area contributed by atoms with Crippen molar-refractivity contribution in [3.63, 3.8) is 0 Å². The van der Waals surface area contributed by atoms with E-state index in [1.807, 2.05) is 11.3 Å². The second kappa shape index (κ2) is 7.22. The molecule has 1 aliphatic rings. The molecule has 0 amide bonds. The smallest absolute Gasteiger partial charge is 0.185 e. The predicted octanol–water partition coefficient (Wildman–Crippen LogP) is 2.57. The Morgan fingerprint density at radius 3 is 2.84 bits per heavy atom. The van der Waals surface area contributed by atoms with Crippen molar-refractivity contribution in [3.8, 4) is 0 Å². The lowest BCUT2D eigenvalue weighted by molar-refractivity contribution is 0.199. The van der Waals surface area contributed by atoms with Gasteiger partial charge in [-0.3, -0.25) is 0 Å². The molecule has 108 valence electrons. The lowest BCUT2D eigenvalue weighted by Gasteiger charge is -2.23. The van der Waals surface area contributed by atoms with Gasteiger partial charge in [-0.05, 0) is 19.8 Å². The van der Waals surface area contributed by atoms with Crippen LogP contribution in [-0.4, -0.2) is 38.3 Å². The standard InChI is InChI=1S/C14H25N3OS/c1-11-13(10-15-8-9-18-3)19-14(16-11)17(2)12-6-4-5-7-12/h12,15H,4-10H2,1-3H3. The lowest BCUT2D eigenvalue weighted by atomic mass is 10.2. The minimum Gasteiger partial charge on any atom is -0.383 e. The molecule has 0 bridgehead atoms. The molecule has 1 aromatic heterocycles. The van der Waals surface area contributed by atoms with Gasteiger partial charge in [-0.1, -0.05) is 12.8 Å². The van der Waals surface area contributed by atoms with E-state index in [0.29, 0.717) is 6.04 Å². The maximum absolute atomic E-state index is 5.04. The summed E-state index contributed by atoms with van der Waals surface area (Å²) >= 11 is 1.82. The van der Waals surface area contributed by atoms with Gasteiger partial charge in [-0.2, -0.15) is 0 Å². The monoisotopic (exact) mass is 283 g/mol. The second-order valence-corrected chi connectivity index (χ2v) is 6.29. The SMILES string of the molecule is COCCNCc1sc(N(C)C2CCCC2)nc1C. The molecule has 1 N–H and O–H groups in total. The highest BCUT2D eigenvalue weighted by molar-refractivity contribution is 7.15. The molecule has 0 saturated heterocycles. The molecule has 1 fully saturated rings. The number of methoxy groups -OCH3 is 1. The average Bonchev–Trinajstić information content (AvgIpc) is 3.04. The molecule has 1 saturated carbocycles. The van der Waals surface area contributed by atoms with Crippen LogP contribution in [0.1, 0.15) is 36.3 Å². The highest BCUT2D eigenvalue weighted by Gasteiger charge is 2.22. The molecule has 1 aliphatic carbocycles. The maximum Gasteiger partial charge on any atom is 0.185 e. The minimum absolute atomic E-state index is 0.694. The second-order valence-electron chi connectivity index (χ2n) is 5.22. The van der Waals surface area contributed by atoms with Crippen LogP contribution < -0.4 is 10.2 Å². The van der Waals surface area contributed by atoms with E-state index in [1.54, 1.807) is 7.11 Å². The molecular formula is C14H25N3OS. The van der Waals surface area contributed by atoms with E-state index < -0.39 is 0 Å². The Morgan fingerprint density at radius 1 is 1.42 bits per heavy atom. The largest absolute Gasteiger partial charge is 0.383 e. The van der Waals surface area contributed by atoms with Gasteiger partial charge < -0.3 is 15.0 Å².